The molecule has 2 N–H and O–H groups in total. The molecular formula is C25H29FN2O5S. The molecule has 1 saturated carbocycles. The van der Waals surface area contributed by atoms with E-state index in [2.05, 4.69) is 9.62 Å². The minimum absolute atomic E-state index is 0.0792. The Hall–Kier alpha value is -2.91. The number of anilines is 1. The minimum Gasteiger partial charge on any atom is -0.492 e. The standard InChI is InChI=1S/C25H29FN2O5S/c1-4-28(5-2)13-15(3)10-16-11-18(26)6-9-22(16)34(31,32)27-21-8-7-19-20-12-17(20)14-33-24(19)23(21)25(29)30/h6-11,17,20,27H,4-5,12-14H2,1-3H3,(H,29,30). The molecule has 2 unspecified atom stereocenters. The number of fused-ring (bicyclic) bond motifs is 3. The second kappa shape index (κ2) is 9.38. The lowest BCUT2D eigenvalue weighted by atomic mass is 10.0. The number of likely N-dealkylation sites (N-methyl/N-ethyl adjacent to an activating group) is 1. The van der Waals surface area contributed by atoms with Crippen LogP contribution in [0.5, 0.6) is 5.75 Å². The van der Waals surface area contributed by atoms with Crippen LogP contribution in [0.3, 0.4) is 0 Å². The van der Waals surface area contributed by atoms with Crippen molar-refractivity contribution >= 4 is 27.8 Å². The Morgan fingerprint density at radius 1 is 1.26 bits per heavy atom. The summed E-state index contributed by atoms with van der Waals surface area (Å²) in [6.45, 7) is 8.63. The van der Waals surface area contributed by atoms with Crippen molar-refractivity contribution in [3.8, 4) is 5.75 Å². The summed E-state index contributed by atoms with van der Waals surface area (Å²) in [5.41, 5.74) is 1.59. The smallest absolute Gasteiger partial charge is 0.341 e. The Morgan fingerprint density at radius 2 is 2.00 bits per heavy atom. The maximum Gasteiger partial charge on any atom is 0.341 e. The molecule has 2 aromatic carbocycles. The molecule has 1 fully saturated rings. The molecule has 7 nitrogen and oxygen atoms in total. The van der Waals surface area contributed by atoms with Gasteiger partial charge in [0.2, 0.25) is 0 Å². The molecular weight excluding hydrogens is 459 g/mol. The minimum atomic E-state index is -4.23. The van der Waals surface area contributed by atoms with E-state index in [1.165, 1.54) is 18.2 Å². The van der Waals surface area contributed by atoms with E-state index in [0.717, 1.165) is 36.7 Å². The van der Waals surface area contributed by atoms with Crippen LogP contribution in [0, 0.1) is 11.7 Å². The summed E-state index contributed by atoms with van der Waals surface area (Å²) < 4.78 is 48.9. The van der Waals surface area contributed by atoms with Crippen molar-refractivity contribution in [2.24, 2.45) is 5.92 Å². The quantitative estimate of drug-likeness (QED) is 0.537. The number of aromatic carboxylic acids is 1. The highest BCUT2D eigenvalue weighted by Crippen LogP contribution is 2.55. The van der Waals surface area contributed by atoms with Gasteiger partial charge in [-0.1, -0.05) is 31.6 Å². The highest BCUT2D eigenvalue weighted by Gasteiger charge is 2.45. The lowest BCUT2D eigenvalue weighted by molar-refractivity contribution is 0.0692. The average Bonchev–Trinajstić information content (AvgIpc) is 3.56. The van der Waals surface area contributed by atoms with Crippen molar-refractivity contribution in [1.29, 1.82) is 0 Å². The number of carbonyl (C=O) groups is 1. The number of hydrogen-bond acceptors (Lipinski definition) is 5. The molecule has 4 rings (SSSR count). The van der Waals surface area contributed by atoms with Crippen LogP contribution in [0.25, 0.3) is 6.08 Å². The van der Waals surface area contributed by atoms with Crippen LogP contribution in [-0.2, 0) is 10.0 Å². The molecule has 1 aliphatic carbocycles. The van der Waals surface area contributed by atoms with Gasteiger partial charge in [0.15, 0.2) is 0 Å². The third-order valence-electron chi connectivity index (χ3n) is 6.44. The molecule has 34 heavy (non-hydrogen) atoms. The number of nitrogens with one attached hydrogen (secondary N) is 1. The van der Waals surface area contributed by atoms with Crippen LogP contribution in [0.1, 0.15) is 54.6 Å². The van der Waals surface area contributed by atoms with Crippen LogP contribution in [-0.4, -0.2) is 50.6 Å². The first-order valence-corrected chi connectivity index (χ1v) is 12.9. The number of ether oxygens (including phenoxy) is 1. The summed E-state index contributed by atoms with van der Waals surface area (Å²) in [4.78, 5) is 14.1. The van der Waals surface area contributed by atoms with Crippen LogP contribution in [0.4, 0.5) is 10.1 Å². The van der Waals surface area contributed by atoms with Crippen molar-refractivity contribution < 1.29 is 27.4 Å². The zero-order valence-electron chi connectivity index (χ0n) is 19.5. The highest BCUT2D eigenvalue weighted by molar-refractivity contribution is 7.92. The molecule has 0 radical (unpaired) electrons. The van der Waals surface area contributed by atoms with Gasteiger partial charge in [-0.15, -0.1) is 0 Å². The number of sulfonamides is 1. The van der Waals surface area contributed by atoms with Crippen LogP contribution in [0.15, 0.2) is 40.8 Å². The zero-order valence-corrected chi connectivity index (χ0v) is 20.3. The Morgan fingerprint density at radius 3 is 2.68 bits per heavy atom. The average molecular weight is 489 g/mol. The van der Waals surface area contributed by atoms with E-state index in [-0.39, 0.29) is 33.4 Å². The van der Waals surface area contributed by atoms with E-state index in [0.29, 0.717) is 19.1 Å². The topological polar surface area (TPSA) is 95.9 Å². The van der Waals surface area contributed by atoms with Gasteiger partial charge in [-0.2, -0.15) is 0 Å². The molecule has 1 heterocycles. The van der Waals surface area contributed by atoms with Gasteiger partial charge in [0.05, 0.1) is 17.2 Å². The number of nitrogens with zero attached hydrogens (tertiary/aromatic N) is 1. The van der Waals surface area contributed by atoms with Crippen LogP contribution in [0.2, 0.25) is 0 Å². The number of rotatable bonds is 9. The van der Waals surface area contributed by atoms with Gasteiger partial charge in [0, 0.05) is 12.5 Å². The Labute approximate surface area is 199 Å². The lowest BCUT2D eigenvalue weighted by Crippen LogP contribution is -2.24. The number of hydrogen-bond donors (Lipinski definition) is 2. The number of carboxylic acids is 1. The molecule has 182 valence electrons. The van der Waals surface area contributed by atoms with Crippen molar-refractivity contribution in [3.05, 3.63) is 58.4 Å². The van der Waals surface area contributed by atoms with E-state index in [1.807, 2.05) is 20.8 Å². The van der Waals surface area contributed by atoms with Crippen molar-refractivity contribution in [2.75, 3.05) is 31.0 Å². The highest BCUT2D eigenvalue weighted by atomic mass is 32.2. The predicted octanol–water partition coefficient (Wildman–Crippen LogP) is 4.57. The number of carboxylic acid groups (broad SMARTS) is 1. The lowest BCUT2D eigenvalue weighted by Gasteiger charge is -2.21. The second-order valence-corrected chi connectivity index (χ2v) is 10.5. The molecule has 0 bridgehead atoms. The predicted molar refractivity (Wildman–Crippen MR) is 128 cm³/mol. The van der Waals surface area contributed by atoms with Crippen LogP contribution < -0.4 is 9.46 Å². The third-order valence-corrected chi connectivity index (χ3v) is 7.88. The van der Waals surface area contributed by atoms with Gasteiger partial charge in [-0.05, 0) is 67.7 Å². The van der Waals surface area contributed by atoms with Crippen molar-refractivity contribution in [1.82, 2.24) is 4.90 Å². The fourth-order valence-corrected chi connectivity index (χ4v) is 5.78. The summed E-state index contributed by atoms with van der Waals surface area (Å²) >= 11 is 0. The largest absolute Gasteiger partial charge is 0.492 e. The first-order valence-electron chi connectivity index (χ1n) is 11.4. The molecule has 2 aliphatic rings. The number of benzene rings is 2. The summed E-state index contributed by atoms with van der Waals surface area (Å²) in [6, 6.07) is 6.63. The van der Waals surface area contributed by atoms with Gasteiger partial charge in [-0.25, -0.2) is 17.6 Å². The van der Waals surface area contributed by atoms with E-state index in [9.17, 15) is 22.7 Å². The fraction of sp³-hybridized carbons (Fsp3) is 0.400. The van der Waals surface area contributed by atoms with Crippen molar-refractivity contribution in [3.63, 3.8) is 0 Å². The molecule has 0 spiro atoms. The molecule has 2 aromatic rings. The molecule has 0 aromatic heterocycles. The molecule has 0 amide bonds. The van der Waals surface area contributed by atoms with Gasteiger partial charge < -0.3 is 9.84 Å². The molecule has 0 saturated heterocycles. The molecule has 1 aliphatic heterocycles. The first kappa shape index (κ1) is 24.2. The van der Waals surface area contributed by atoms with Gasteiger partial charge in [0.1, 0.15) is 17.1 Å². The van der Waals surface area contributed by atoms with Gasteiger partial charge >= 0.3 is 5.97 Å². The zero-order chi connectivity index (χ0) is 24.6. The Bertz CT molecular complexity index is 1250. The summed E-state index contributed by atoms with van der Waals surface area (Å²) in [5.74, 6) is -0.961. The first-order chi connectivity index (χ1) is 16.1. The Kier molecular flexibility index (Phi) is 6.69. The van der Waals surface area contributed by atoms with Gasteiger partial charge in [0.25, 0.3) is 10.0 Å². The van der Waals surface area contributed by atoms with Gasteiger partial charge in [-0.3, -0.25) is 9.62 Å². The fourth-order valence-electron chi connectivity index (χ4n) is 4.53. The molecule has 9 heteroatoms. The summed E-state index contributed by atoms with van der Waals surface area (Å²) in [5, 5.41) is 9.85. The molecule has 2 atom stereocenters. The van der Waals surface area contributed by atoms with Crippen molar-refractivity contribution in [2.45, 2.75) is 38.0 Å². The monoisotopic (exact) mass is 488 g/mol. The second-order valence-electron chi connectivity index (χ2n) is 8.86. The van der Waals surface area contributed by atoms with E-state index in [1.54, 1.807) is 12.1 Å². The third kappa shape index (κ3) is 4.81. The van der Waals surface area contributed by atoms with E-state index in [4.69, 9.17) is 4.74 Å². The SMILES string of the molecule is CCN(CC)CC(C)=Cc1cc(F)ccc1S(=O)(=O)Nc1ccc2c(c1C(=O)O)OCC1CC21. The summed E-state index contributed by atoms with van der Waals surface area (Å²) in [7, 11) is -4.23. The number of halogens is 1. The van der Waals surface area contributed by atoms with E-state index >= 15 is 0 Å². The van der Waals surface area contributed by atoms with E-state index < -0.39 is 21.8 Å². The van der Waals surface area contributed by atoms with Crippen LogP contribution >= 0.6 is 0 Å². The maximum atomic E-state index is 14.1. The normalized spacial score (nSPS) is 19.3. The Balaban J connectivity index is 1.71. The summed E-state index contributed by atoms with van der Waals surface area (Å²) in [6.07, 6.45) is 2.59. The maximum absolute atomic E-state index is 14.1.